The maximum atomic E-state index is 13.6. The Balaban J connectivity index is 1.14. The van der Waals surface area contributed by atoms with Gasteiger partial charge in [0, 0.05) is 0 Å². The number of hydrogen-bond acceptors (Lipinski definition) is 3. The number of rotatable bonds is 12. The minimum atomic E-state index is -0.277. The van der Waals surface area contributed by atoms with E-state index < -0.39 is 0 Å². The van der Waals surface area contributed by atoms with Gasteiger partial charge in [-0.05, 0) is 105 Å². The standard InChI is InChI=1S/C33H44N2O2/c1-3-4-5-6-7-8-17-37-30-15-11-26(12-16-30)23-34-35-31(36)33-21-27-18-28(22-33)20-32(19-27,24-33)29-13-9-25(2)10-14-29/h9-16,23,27-28H,3-8,17-22,24H2,1-2H3,(H,35,36)/b34-23-/t27-,28+,32?,33?. The van der Waals surface area contributed by atoms with Gasteiger partial charge in [0.1, 0.15) is 5.75 Å². The Morgan fingerprint density at radius 1 is 0.946 bits per heavy atom. The number of carbonyl (C=O) groups is 1. The van der Waals surface area contributed by atoms with Gasteiger partial charge >= 0.3 is 0 Å². The van der Waals surface area contributed by atoms with E-state index in [-0.39, 0.29) is 16.7 Å². The van der Waals surface area contributed by atoms with Gasteiger partial charge in [-0.3, -0.25) is 4.79 Å². The van der Waals surface area contributed by atoms with Crippen molar-refractivity contribution in [3.8, 4) is 5.75 Å². The van der Waals surface area contributed by atoms with E-state index in [1.54, 1.807) is 6.21 Å². The van der Waals surface area contributed by atoms with Gasteiger partial charge in [0.05, 0.1) is 18.2 Å². The van der Waals surface area contributed by atoms with Crippen LogP contribution in [0.1, 0.15) is 101 Å². The van der Waals surface area contributed by atoms with Crippen LogP contribution in [0.3, 0.4) is 0 Å². The third-order valence-electron chi connectivity index (χ3n) is 9.23. The topological polar surface area (TPSA) is 50.7 Å². The first kappa shape index (κ1) is 26.0. The molecule has 4 atom stereocenters. The molecule has 2 aromatic rings. The number of unbranched alkanes of at least 4 members (excludes halogenated alkanes) is 5. The van der Waals surface area contributed by atoms with Crippen molar-refractivity contribution in [2.45, 2.75) is 96.3 Å². The normalized spacial score (nSPS) is 28.1. The van der Waals surface area contributed by atoms with Gasteiger partial charge in [0.15, 0.2) is 0 Å². The van der Waals surface area contributed by atoms with Crippen LogP contribution in [0, 0.1) is 24.2 Å². The average Bonchev–Trinajstić information content (AvgIpc) is 2.88. The lowest BCUT2D eigenvalue weighted by Crippen LogP contribution is -2.58. The van der Waals surface area contributed by atoms with E-state index in [0.717, 1.165) is 43.6 Å². The molecule has 0 radical (unpaired) electrons. The smallest absolute Gasteiger partial charge is 0.246 e. The average molecular weight is 501 g/mol. The van der Waals surface area contributed by atoms with Crippen LogP contribution in [0.25, 0.3) is 0 Å². The van der Waals surface area contributed by atoms with Crippen molar-refractivity contribution in [1.29, 1.82) is 0 Å². The van der Waals surface area contributed by atoms with Gasteiger partial charge in [-0.1, -0.05) is 68.9 Å². The first-order chi connectivity index (χ1) is 18.0. The van der Waals surface area contributed by atoms with Gasteiger partial charge in [0.25, 0.3) is 0 Å². The maximum absolute atomic E-state index is 13.6. The summed E-state index contributed by atoms with van der Waals surface area (Å²) in [5.74, 6) is 2.32. The fraction of sp³-hybridized carbons (Fsp3) is 0.576. The molecule has 2 unspecified atom stereocenters. The zero-order chi connectivity index (χ0) is 25.7. The second-order valence-corrected chi connectivity index (χ2v) is 12.3. The predicted molar refractivity (Wildman–Crippen MR) is 151 cm³/mol. The number of nitrogens with one attached hydrogen (secondary N) is 1. The highest BCUT2D eigenvalue weighted by Gasteiger charge is 2.60. The molecule has 4 fully saturated rings. The highest BCUT2D eigenvalue weighted by Crippen LogP contribution is 2.65. The second-order valence-electron chi connectivity index (χ2n) is 12.3. The summed E-state index contributed by atoms with van der Waals surface area (Å²) in [4.78, 5) is 13.6. The lowest BCUT2D eigenvalue weighted by atomic mass is 9.42. The van der Waals surface area contributed by atoms with Gasteiger partial charge in [-0.2, -0.15) is 5.10 Å². The Hall–Kier alpha value is -2.62. The SMILES string of the molecule is CCCCCCCCOc1ccc(/C=N\NC(=O)C23C[C@H]4C[C@@H](C2)CC(c2ccc(C)cc2)(C4)C3)cc1. The molecule has 1 N–H and O–H groups in total. The fourth-order valence-corrected chi connectivity index (χ4v) is 7.78. The summed E-state index contributed by atoms with van der Waals surface area (Å²) in [7, 11) is 0. The lowest BCUT2D eigenvalue weighted by molar-refractivity contribution is -0.149. The van der Waals surface area contributed by atoms with Crippen molar-refractivity contribution in [2.24, 2.45) is 22.4 Å². The van der Waals surface area contributed by atoms with E-state index >= 15 is 0 Å². The fourth-order valence-electron chi connectivity index (χ4n) is 7.78. The van der Waals surface area contributed by atoms with Crippen molar-refractivity contribution in [1.82, 2.24) is 5.43 Å². The van der Waals surface area contributed by atoms with Gasteiger partial charge in [-0.15, -0.1) is 0 Å². The Morgan fingerprint density at radius 3 is 2.32 bits per heavy atom. The minimum Gasteiger partial charge on any atom is -0.494 e. The number of hydrogen-bond donors (Lipinski definition) is 1. The van der Waals surface area contributed by atoms with Gasteiger partial charge in [-0.25, -0.2) is 5.43 Å². The van der Waals surface area contributed by atoms with E-state index in [4.69, 9.17) is 4.74 Å². The largest absolute Gasteiger partial charge is 0.494 e. The van der Waals surface area contributed by atoms with Crippen molar-refractivity contribution in [2.75, 3.05) is 6.61 Å². The molecule has 4 aliphatic carbocycles. The molecule has 0 spiro atoms. The molecule has 4 saturated carbocycles. The summed E-state index contributed by atoms with van der Waals surface area (Å²) in [6.07, 6.45) is 16.1. The summed E-state index contributed by atoms with van der Waals surface area (Å²) < 4.78 is 5.89. The van der Waals surface area contributed by atoms with Crippen molar-refractivity contribution in [3.63, 3.8) is 0 Å². The molecule has 4 bridgehead atoms. The Kier molecular flexibility index (Phi) is 8.02. The van der Waals surface area contributed by atoms with E-state index in [1.165, 1.54) is 62.5 Å². The van der Waals surface area contributed by atoms with E-state index in [2.05, 4.69) is 48.6 Å². The molecule has 4 aliphatic rings. The van der Waals surface area contributed by atoms with Crippen molar-refractivity contribution < 1.29 is 9.53 Å². The number of ether oxygens (including phenoxy) is 1. The van der Waals surface area contributed by atoms with Crippen LogP contribution in [0.4, 0.5) is 0 Å². The van der Waals surface area contributed by atoms with Crippen LogP contribution in [0.15, 0.2) is 53.6 Å². The van der Waals surface area contributed by atoms with Crippen LogP contribution >= 0.6 is 0 Å². The number of benzene rings is 2. The number of carbonyl (C=O) groups excluding carboxylic acids is 1. The summed E-state index contributed by atoms with van der Waals surface area (Å²) in [5.41, 5.74) is 6.52. The Morgan fingerprint density at radius 2 is 1.62 bits per heavy atom. The zero-order valence-corrected chi connectivity index (χ0v) is 22.8. The van der Waals surface area contributed by atoms with E-state index in [1.807, 2.05) is 24.3 Å². The first-order valence-corrected chi connectivity index (χ1v) is 14.6. The van der Waals surface area contributed by atoms with Crippen molar-refractivity contribution >= 4 is 12.1 Å². The molecule has 0 aromatic heterocycles. The molecule has 6 rings (SSSR count). The molecular formula is C33H44N2O2. The second kappa shape index (κ2) is 11.4. The van der Waals surface area contributed by atoms with Crippen molar-refractivity contribution in [3.05, 3.63) is 65.2 Å². The first-order valence-electron chi connectivity index (χ1n) is 14.6. The molecular weight excluding hydrogens is 456 g/mol. The lowest BCUT2D eigenvalue weighted by Gasteiger charge is -2.61. The molecule has 1 amide bonds. The highest BCUT2D eigenvalue weighted by molar-refractivity contribution is 5.86. The molecule has 4 heteroatoms. The Labute approximate surface area is 223 Å². The summed E-state index contributed by atoms with van der Waals surface area (Å²) in [5, 5.41) is 4.38. The van der Waals surface area contributed by atoms with Crippen LogP contribution in [0.2, 0.25) is 0 Å². The van der Waals surface area contributed by atoms with Crippen LogP contribution in [-0.2, 0) is 10.2 Å². The number of hydrazone groups is 1. The maximum Gasteiger partial charge on any atom is 0.246 e. The van der Waals surface area contributed by atoms with E-state index in [0.29, 0.717) is 11.8 Å². The number of aryl methyl sites for hydroxylation is 1. The van der Waals surface area contributed by atoms with Crippen LogP contribution in [-0.4, -0.2) is 18.7 Å². The molecule has 198 valence electrons. The minimum absolute atomic E-state index is 0.119. The Bertz CT molecular complexity index is 1060. The highest BCUT2D eigenvalue weighted by atomic mass is 16.5. The monoisotopic (exact) mass is 500 g/mol. The summed E-state index contributed by atoms with van der Waals surface area (Å²) in [6.45, 7) is 5.16. The van der Waals surface area contributed by atoms with Gasteiger partial charge in [0.2, 0.25) is 5.91 Å². The van der Waals surface area contributed by atoms with E-state index in [9.17, 15) is 4.79 Å². The third kappa shape index (κ3) is 5.94. The van der Waals surface area contributed by atoms with Crippen LogP contribution in [0.5, 0.6) is 5.75 Å². The molecule has 0 heterocycles. The molecule has 0 aliphatic heterocycles. The molecule has 2 aromatic carbocycles. The zero-order valence-electron chi connectivity index (χ0n) is 22.8. The summed E-state index contributed by atoms with van der Waals surface area (Å²) in [6, 6.07) is 17.1. The third-order valence-corrected chi connectivity index (χ3v) is 9.23. The molecule has 0 saturated heterocycles. The number of amides is 1. The molecule has 4 nitrogen and oxygen atoms in total. The number of nitrogens with zero attached hydrogens (tertiary/aromatic N) is 1. The van der Waals surface area contributed by atoms with Crippen LogP contribution < -0.4 is 10.2 Å². The quantitative estimate of drug-likeness (QED) is 0.184. The summed E-state index contributed by atoms with van der Waals surface area (Å²) >= 11 is 0. The van der Waals surface area contributed by atoms with Gasteiger partial charge < -0.3 is 4.74 Å². The molecule has 37 heavy (non-hydrogen) atoms. The predicted octanol–water partition coefficient (Wildman–Crippen LogP) is 7.72.